The molecule has 1 aromatic rings. The van der Waals surface area contributed by atoms with Crippen LogP contribution in [0.2, 0.25) is 0 Å². The van der Waals surface area contributed by atoms with Crippen LogP contribution >= 0.6 is 15.9 Å². The summed E-state index contributed by atoms with van der Waals surface area (Å²) in [6.45, 7) is 0.265. The average molecular weight is 267 g/mol. The Bertz CT molecular complexity index is 431. The highest BCUT2D eigenvalue weighted by Gasteiger charge is 2.13. The summed E-state index contributed by atoms with van der Waals surface area (Å²) in [5, 5.41) is 11.7. The van der Waals surface area contributed by atoms with Crippen LogP contribution in [0.1, 0.15) is 11.6 Å². The van der Waals surface area contributed by atoms with E-state index in [0.717, 1.165) is 0 Å². The van der Waals surface area contributed by atoms with Crippen molar-refractivity contribution in [1.82, 2.24) is 5.32 Å². The van der Waals surface area contributed by atoms with Gasteiger partial charge in [0.1, 0.15) is 11.9 Å². The molecular formula is C11H8BrFN2. The number of hydrogen-bond acceptors (Lipinski definition) is 2. The molecule has 0 aromatic heterocycles. The molecule has 0 fully saturated rings. The number of benzene rings is 1. The van der Waals surface area contributed by atoms with Crippen LogP contribution in [0.5, 0.6) is 0 Å². The molecule has 0 spiro atoms. The molecule has 0 amide bonds. The average Bonchev–Trinajstić information content (AvgIpc) is 2.24. The Kier molecular flexibility index (Phi) is 4.30. The molecule has 1 rings (SSSR count). The van der Waals surface area contributed by atoms with Crippen LogP contribution < -0.4 is 5.32 Å². The lowest BCUT2D eigenvalue weighted by Crippen LogP contribution is -2.20. The number of halogens is 2. The van der Waals surface area contributed by atoms with Crippen molar-refractivity contribution in [3.63, 3.8) is 0 Å². The summed E-state index contributed by atoms with van der Waals surface area (Å²) in [5.74, 6) is 1.99. The van der Waals surface area contributed by atoms with Gasteiger partial charge in [-0.2, -0.15) is 5.26 Å². The molecule has 1 atom stereocenters. The Morgan fingerprint density at radius 3 is 2.93 bits per heavy atom. The first-order chi connectivity index (χ1) is 7.19. The molecule has 2 nitrogen and oxygen atoms in total. The van der Waals surface area contributed by atoms with E-state index in [-0.39, 0.29) is 12.4 Å². The summed E-state index contributed by atoms with van der Waals surface area (Å²) < 4.78 is 13.6. The Morgan fingerprint density at radius 2 is 2.33 bits per heavy atom. The van der Waals surface area contributed by atoms with Crippen molar-refractivity contribution in [1.29, 1.82) is 5.26 Å². The van der Waals surface area contributed by atoms with Gasteiger partial charge in [-0.25, -0.2) is 4.39 Å². The number of rotatable bonds is 3. The molecule has 1 N–H and O–H groups in total. The number of nitrogens with one attached hydrogen (secondary N) is 1. The smallest absolute Gasteiger partial charge is 0.123 e. The van der Waals surface area contributed by atoms with E-state index in [0.29, 0.717) is 10.0 Å². The standard InChI is InChI=1S/C11H8BrFN2/c1-2-5-15-11(7-14)9-6-8(13)3-4-10(9)12/h1,3-4,6,11,15H,5H2. The summed E-state index contributed by atoms with van der Waals surface area (Å²) in [6.07, 6.45) is 5.07. The minimum Gasteiger partial charge on any atom is -0.287 e. The molecule has 0 radical (unpaired) electrons. The van der Waals surface area contributed by atoms with Crippen LogP contribution in [-0.2, 0) is 0 Å². The number of nitrogens with zero attached hydrogens (tertiary/aromatic N) is 1. The largest absolute Gasteiger partial charge is 0.287 e. The van der Waals surface area contributed by atoms with E-state index in [4.69, 9.17) is 11.7 Å². The molecule has 0 aliphatic heterocycles. The summed E-state index contributed by atoms with van der Waals surface area (Å²) in [5.41, 5.74) is 0.549. The lowest BCUT2D eigenvalue weighted by molar-refractivity contribution is 0.616. The first kappa shape index (κ1) is 11.7. The second-order valence-electron chi connectivity index (χ2n) is 2.81. The van der Waals surface area contributed by atoms with E-state index < -0.39 is 6.04 Å². The predicted octanol–water partition coefficient (Wildman–Crippen LogP) is 2.38. The van der Waals surface area contributed by atoms with Gasteiger partial charge >= 0.3 is 0 Å². The lowest BCUT2D eigenvalue weighted by atomic mass is 10.1. The molecule has 0 aliphatic rings. The topological polar surface area (TPSA) is 35.8 Å². The van der Waals surface area contributed by atoms with Gasteiger partial charge in [-0.05, 0) is 18.2 Å². The van der Waals surface area contributed by atoms with Crippen molar-refractivity contribution in [2.45, 2.75) is 6.04 Å². The maximum absolute atomic E-state index is 13.0. The lowest BCUT2D eigenvalue weighted by Gasteiger charge is -2.11. The predicted molar refractivity (Wildman–Crippen MR) is 59.3 cm³/mol. The van der Waals surface area contributed by atoms with Gasteiger partial charge in [0.25, 0.3) is 0 Å². The van der Waals surface area contributed by atoms with Crippen LogP contribution in [-0.4, -0.2) is 6.54 Å². The Balaban J connectivity index is 2.97. The number of nitriles is 1. The zero-order chi connectivity index (χ0) is 11.3. The summed E-state index contributed by atoms with van der Waals surface area (Å²) in [7, 11) is 0. The van der Waals surface area contributed by atoms with Crippen molar-refractivity contribution >= 4 is 15.9 Å². The van der Waals surface area contributed by atoms with Crippen LogP contribution in [0.15, 0.2) is 22.7 Å². The normalized spacial score (nSPS) is 11.5. The molecular weight excluding hydrogens is 259 g/mol. The first-order valence-corrected chi connectivity index (χ1v) is 4.99. The number of hydrogen-bond donors (Lipinski definition) is 1. The molecule has 76 valence electrons. The monoisotopic (exact) mass is 266 g/mol. The van der Waals surface area contributed by atoms with Gasteiger partial charge in [0.2, 0.25) is 0 Å². The molecule has 1 unspecified atom stereocenters. The van der Waals surface area contributed by atoms with E-state index in [2.05, 4.69) is 27.2 Å². The van der Waals surface area contributed by atoms with Crippen molar-refractivity contribution < 1.29 is 4.39 Å². The minimum absolute atomic E-state index is 0.265. The zero-order valence-electron chi connectivity index (χ0n) is 7.80. The number of terminal acetylenes is 1. The fourth-order valence-corrected chi connectivity index (χ4v) is 1.60. The molecule has 0 saturated heterocycles. The highest BCUT2D eigenvalue weighted by Crippen LogP contribution is 2.23. The maximum atomic E-state index is 13.0. The zero-order valence-corrected chi connectivity index (χ0v) is 9.38. The molecule has 1 aromatic carbocycles. The van der Waals surface area contributed by atoms with Gasteiger partial charge in [-0.15, -0.1) is 6.42 Å². The fraction of sp³-hybridized carbons (Fsp3) is 0.182. The summed E-state index contributed by atoms with van der Waals surface area (Å²) in [6, 6.07) is 5.60. The van der Waals surface area contributed by atoms with E-state index in [9.17, 15) is 4.39 Å². The molecule has 0 aliphatic carbocycles. The van der Waals surface area contributed by atoms with Gasteiger partial charge in [-0.3, -0.25) is 5.32 Å². The Labute approximate surface area is 96.2 Å². The summed E-state index contributed by atoms with van der Waals surface area (Å²) in [4.78, 5) is 0. The van der Waals surface area contributed by atoms with Gasteiger partial charge in [0.05, 0.1) is 12.6 Å². The minimum atomic E-state index is -0.605. The van der Waals surface area contributed by atoms with Gasteiger partial charge in [0.15, 0.2) is 0 Å². The van der Waals surface area contributed by atoms with Gasteiger partial charge in [0, 0.05) is 10.0 Å². The Hall–Kier alpha value is -1.36. The van der Waals surface area contributed by atoms with Crippen LogP contribution in [0.25, 0.3) is 0 Å². The van der Waals surface area contributed by atoms with E-state index in [1.807, 2.05) is 6.07 Å². The highest BCUT2D eigenvalue weighted by molar-refractivity contribution is 9.10. The van der Waals surface area contributed by atoms with Crippen LogP contribution in [0, 0.1) is 29.5 Å². The third-order valence-electron chi connectivity index (χ3n) is 1.81. The van der Waals surface area contributed by atoms with Crippen molar-refractivity contribution in [3.05, 3.63) is 34.1 Å². The van der Waals surface area contributed by atoms with E-state index in [1.54, 1.807) is 6.07 Å². The highest BCUT2D eigenvalue weighted by atomic mass is 79.9. The Morgan fingerprint density at radius 1 is 1.60 bits per heavy atom. The quantitative estimate of drug-likeness (QED) is 0.853. The SMILES string of the molecule is C#CCNC(C#N)c1cc(F)ccc1Br. The summed E-state index contributed by atoms with van der Waals surface area (Å²) >= 11 is 3.25. The van der Waals surface area contributed by atoms with Crippen molar-refractivity contribution in [2.75, 3.05) is 6.54 Å². The van der Waals surface area contributed by atoms with Gasteiger partial charge < -0.3 is 0 Å². The van der Waals surface area contributed by atoms with Crippen molar-refractivity contribution in [2.24, 2.45) is 0 Å². The third-order valence-corrected chi connectivity index (χ3v) is 2.53. The van der Waals surface area contributed by atoms with Crippen LogP contribution in [0.3, 0.4) is 0 Å². The molecule has 4 heteroatoms. The van der Waals surface area contributed by atoms with Crippen molar-refractivity contribution in [3.8, 4) is 18.4 Å². The van der Waals surface area contributed by atoms with E-state index >= 15 is 0 Å². The van der Waals surface area contributed by atoms with E-state index in [1.165, 1.54) is 12.1 Å². The molecule has 0 saturated carbocycles. The fourth-order valence-electron chi connectivity index (χ4n) is 1.12. The van der Waals surface area contributed by atoms with Crippen LogP contribution in [0.4, 0.5) is 4.39 Å². The second-order valence-corrected chi connectivity index (χ2v) is 3.67. The molecule has 15 heavy (non-hydrogen) atoms. The molecule has 0 bridgehead atoms. The van der Waals surface area contributed by atoms with Gasteiger partial charge in [-0.1, -0.05) is 21.9 Å². The first-order valence-electron chi connectivity index (χ1n) is 4.20. The third kappa shape index (κ3) is 3.06. The molecule has 0 heterocycles. The maximum Gasteiger partial charge on any atom is 0.123 e. The second kappa shape index (κ2) is 5.50.